The van der Waals surface area contributed by atoms with Crippen LogP contribution in [0.25, 0.3) is 0 Å². The highest BCUT2D eigenvalue weighted by Crippen LogP contribution is 2.44. The number of halogens is 4. The summed E-state index contributed by atoms with van der Waals surface area (Å²) in [6.07, 6.45) is -1.76. The van der Waals surface area contributed by atoms with Crippen LogP contribution in [-0.4, -0.2) is 31.6 Å². The van der Waals surface area contributed by atoms with Crippen molar-refractivity contribution in [1.29, 1.82) is 0 Å². The molecule has 0 N–H and O–H groups in total. The van der Waals surface area contributed by atoms with Gasteiger partial charge in [0.15, 0.2) is 0 Å². The third-order valence-electron chi connectivity index (χ3n) is 5.17. The number of hydrogen-bond acceptors (Lipinski definition) is 3. The highest BCUT2D eigenvalue weighted by molar-refractivity contribution is 7.89. The number of alkyl halides is 3. The zero-order valence-electron chi connectivity index (χ0n) is 13.3. The molecule has 1 aromatic rings. The summed E-state index contributed by atoms with van der Waals surface area (Å²) in [5, 5.41) is -0.284. The Morgan fingerprint density at radius 1 is 1.08 bits per heavy atom. The second kappa shape index (κ2) is 6.25. The fraction of sp³-hybridized carbons (Fsp3) is 0.562. The normalized spacial score (nSPS) is 21.8. The van der Waals surface area contributed by atoms with Crippen molar-refractivity contribution in [3.63, 3.8) is 0 Å². The van der Waals surface area contributed by atoms with Gasteiger partial charge in [0.2, 0.25) is 10.0 Å². The van der Waals surface area contributed by atoms with Gasteiger partial charge in [-0.05, 0) is 43.9 Å². The molecule has 0 aromatic heterocycles. The molecule has 0 bridgehead atoms. The number of Topliss-reactive ketones (excluding diaryl/α,β-unsaturated/α-hetero) is 1. The summed E-state index contributed by atoms with van der Waals surface area (Å²) >= 11 is 5.69. The smallest absolute Gasteiger partial charge is 0.299 e. The maximum absolute atomic E-state index is 12.9. The van der Waals surface area contributed by atoms with Crippen LogP contribution >= 0.6 is 11.6 Å². The largest absolute Gasteiger partial charge is 0.416 e. The summed E-state index contributed by atoms with van der Waals surface area (Å²) in [5.74, 6) is 0.173. The van der Waals surface area contributed by atoms with E-state index in [-0.39, 0.29) is 23.9 Å². The van der Waals surface area contributed by atoms with Crippen LogP contribution in [0.5, 0.6) is 0 Å². The maximum Gasteiger partial charge on any atom is 0.416 e. The molecule has 1 aromatic carbocycles. The molecular formula is C16H17ClF3NO3S. The van der Waals surface area contributed by atoms with E-state index in [1.807, 2.05) is 0 Å². The molecule has 1 aliphatic heterocycles. The molecule has 0 amide bonds. The van der Waals surface area contributed by atoms with Gasteiger partial charge in [-0.25, -0.2) is 8.42 Å². The van der Waals surface area contributed by atoms with E-state index in [1.165, 1.54) is 0 Å². The number of benzene rings is 1. The molecule has 1 saturated heterocycles. The zero-order chi connectivity index (χ0) is 18.5. The first-order chi connectivity index (χ1) is 11.5. The van der Waals surface area contributed by atoms with Crippen LogP contribution in [0.4, 0.5) is 13.2 Å². The fourth-order valence-corrected chi connectivity index (χ4v) is 5.51. The molecule has 1 saturated carbocycles. The minimum absolute atomic E-state index is 0.127. The van der Waals surface area contributed by atoms with E-state index in [1.54, 1.807) is 0 Å². The lowest BCUT2D eigenvalue weighted by molar-refractivity contribution is -0.137. The maximum atomic E-state index is 12.9. The molecule has 0 radical (unpaired) electrons. The van der Waals surface area contributed by atoms with E-state index < -0.39 is 32.1 Å². The molecule has 1 aliphatic carbocycles. The Morgan fingerprint density at radius 3 is 2.24 bits per heavy atom. The van der Waals surface area contributed by atoms with Crippen LogP contribution in [0.1, 0.15) is 37.7 Å². The molecular weight excluding hydrogens is 379 g/mol. The number of carbonyl (C=O) groups excluding carboxylic acids is 1. The zero-order valence-corrected chi connectivity index (χ0v) is 14.8. The summed E-state index contributed by atoms with van der Waals surface area (Å²) < 4.78 is 65.3. The third kappa shape index (κ3) is 3.44. The van der Waals surface area contributed by atoms with Gasteiger partial charge in [0.25, 0.3) is 0 Å². The van der Waals surface area contributed by atoms with Gasteiger partial charge < -0.3 is 0 Å². The number of rotatable bonds is 2. The molecule has 1 heterocycles. The van der Waals surface area contributed by atoms with Gasteiger partial charge in [-0.2, -0.15) is 17.5 Å². The first kappa shape index (κ1) is 18.7. The Morgan fingerprint density at radius 2 is 1.72 bits per heavy atom. The summed E-state index contributed by atoms with van der Waals surface area (Å²) in [6, 6.07) is 2.33. The Labute approximate surface area is 149 Å². The van der Waals surface area contributed by atoms with Gasteiger partial charge in [-0.15, -0.1) is 0 Å². The average molecular weight is 396 g/mol. The monoisotopic (exact) mass is 395 g/mol. The Bertz CT molecular complexity index is 799. The molecule has 1 spiro atoms. The predicted molar refractivity (Wildman–Crippen MR) is 85.7 cm³/mol. The lowest BCUT2D eigenvalue weighted by Gasteiger charge is -2.37. The quantitative estimate of drug-likeness (QED) is 0.763. The van der Waals surface area contributed by atoms with E-state index in [0.29, 0.717) is 31.4 Å². The molecule has 4 nitrogen and oxygen atoms in total. The number of ketones is 1. The van der Waals surface area contributed by atoms with Crippen LogP contribution in [0.3, 0.4) is 0 Å². The van der Waals surface area contributed by atoms with Crippen molar-refractivity contribution in [3.05, 3.63) is 28.8 Å². The lowest BCUT2D eigenvalue weighted by Crippen LogP contribution is -2.44. The highest BCUT2D eigenvalue weighted by atomic mass is 35.5. The molecule has 0 unspecified atom stereocenters. The van der Waals surface area contributed by atoms with Gasteiger partial charge in [0, 0.05) is 29.9 Å². The van der Waals surface area contributed by atoms with Crippen LogP contribution in [0, 0.1) is 5.41 Å². The van der Waals surface area contributed by atoms with Crippen LogP contribution in [-0.2, 0) is 21.0 Å². The fourth-order valence-electron chi connectivity index (χ4n) is 3.70. The van der Waals surface area contributed by atoms with Crippen LogP contribution < -0.4 is 0 Å². The summed E-state index contributed by atoms with van der Waals surface area (Å²) in [6.45, 7) is 0.254. The van der Waals surface area contributed by atoms with Gasteiger partial charge in [0.1, 0.15) is 5.78 Å². The van der Waals surface area contributed by atoms with Crippen molar-refractivity contribution in [3.8, 4) is 0 Å². The number of piperidine rings is 1. The van der Waals surface area contributed by atoms with Crippen LogP contribution in [0.2, 0.25) is 5.02 Å². The minimum atomic E-state index is -4.68. The molecule has 0 atom stereocenters. The van der Waals surface area contributed by atoms with Crippen molar-refractivity contribution in [2.45, 2.75) is 43.2 Å². The Kier molecular flexibility index (Phi) is 4.66. The SMILES string of the molecule is O=C1CCCC12CCN(S(=O)(=O)c1cc(Cl)cc(C(F)(F)F)c1)CC2. The van der Waals surface area contributed by atoms with Gasteiger partial charge in [-0.1, -0.05) is 11.6 Å². The summed E-state index contributed by atoms with van der Waals surface area (Å²) in [4.78, 5) is 11.6. The number of carbonyl (C=O) groups is 1. The Balaban J connectivity index is 1.86. The van der Waals surface area contributed by atoms with Crippen molar-refractivity contribution >= 4 is 27.4 Å². The number of hydrogen-bond donors (Lipinski definition) is 0. The predicted octanol–water partition coefficient (Wildman–Crippen LogP) is 3.88. The van der Waals surface area contributed by atoms with Crippen molar-refractivity contribution in [2.75, 3.05) is 13.1 Å². The molecule has 25 heavy (non-hydrogen) atoms. The molecule has 2 aliphatic rings. The van der Waals surface area contributed by atoms with E-state index in [2.05, 4.69) is 0 Å². The van der Waals surface area contributed by atoms with Gasteiger partial charge >= 0.3 is 6.18 Å². The summed E-state index contributed by atoms with van der Waals surface area (Å²) in [5.41, 5.74) is -1.55. The van der Waals surface area contributed by atoms with Crippen molar-refractivity contribution in [2.24, 2.45) is 5.41 Å². The van der Waals surface area contributed by atoms with Crippen molar-refractivity contribution < 1.29 is 26.4 Å². The second-order valence-electron chi connectivity index (χ2n) is 6.63. The molecule has 138 valence electrons. The molecule has 3 rings (SSSR count). The standard InChI is InChI=1S/C16H17ClF3NO3S/c17-12-8-11(16(18,19)20)9-13(10-12)25(23,24)21-6-4-15(5-7-21)3-1-2-14(15)22/h8-10H,1-7H2. The lowest BCUT2D eigenvalue weighted by atomic mass is 9.77. The summed E-state index contributed by atoms with van der Waals surface area (Å²) in [7, 11) is -4.09. The van der Waals surface area contributed by atoms with Gasteiger partial charge in [0.05, 0.1) is 10.5 Å². The highest BCUT2D eigenvalue weighted by Gasteiger charge is 2.46. The van der Waals surface area contributed by atoms with E-state index >= 15 is 0 Å². The number of nitrogens with zero attached hydrogens (tertiary/aromatic N) is 1. The number of sulfonamides is 1. The second-order valence-corrected chi connectivity index (χ2v) is 9.01. The van der Waals surface area contributed by atoms with Crippen molar-refractivity contribution in [1.82, 2.24) is 4.31 Å². The topological polar surface area (TPSA) is 54.5 Å². The average Bonchev–Trinajstić information content (AvgIpc) is 2.87. The van der Waals surface area contributed by atoms with E-state index in [4.69, 9.17) is 11.6 Å². The molecule has 9 heteroatoms. The van der Waals surface area contributed by atoms with E-state index in [9.17, 15) is 26.4 Å². The van der Waals surface area contributed by atoms with E-state index in [0.717, 1.165) is 23.2 Å². The third-order valence-corrected chi connectivity index (χ3v) is 7.26. The van der Waals surface area contributed by atoms with Crippen LogP contribution in [0.15, 0.2) is 23.1 Å². The first-order valence-corrected chi connectivity index (χ1v) is 9.78. The minimum Gasteiger partial charge on any atom is -0.299 e. The first-order valence-electron chi connectivity index (χ1n) is 7.96. The molecule has 2 fully saturated rings. The Hall–Kier alpha value is -1.12. The van der Waals surface area contributed by atoms with Gasteiger partial charge in [-0.3, -0.25) is 4.79 Å².